The quantitative estimate of drug-likeness (QED) is 0.413. The van der Waals surface area contributed by atoms with Crippen molar-refractivity contribution in [2.75, 3.05) is 0 Å². The maximum atomic E-state index is 14.5. The van der Waals surface area contributed by atoms with E-state index in [9.17, 15) is 13.6 Å². The first kappa shape index (κ1) is 20.2. The van der Waals surface area contributed by atoms with E-state index in [1.807, 2.05) is 12.1 Å². The first-order valence-electron chi connectivity index (χ1n) is 9.18. The fraction of sp³-hybridized carbons (Fsp3) is 0.174. The average molecular weight is 392 g/mol. The molecular formula is C23H18F2N2O2. The van der Waals surface area contributed by atoms with Crippen LogP contribution in [0.3, 0.4) is 0 Å². The van der Waals surface area contributed by atoms with Crippen LogP contribution in [0.25, 0.3) is 11.3 Å². The lowest BCUT2D eigenvalue weighted by molar-refractivity contribution is 0.0729. The Hall–Kier alpha value is -3.59. The van der Waals surface area contributed by atoms with E-state index in [1.165, 1.54) is 24.3 Å². The Morgan fingerprint density at radius 1 is 1.10 bits per heavy atom. The van der Waals surface area contributed by atoms with E-state index < -0.39 is 17.6 Å². The Bertz CT molecular complexity index is 1070. The highest BCUT2D eigenvalue weighted by Crippen LogP contribution is 2.23. The third-order valence-electron chi connectivity index (χ3n) is 4.40. The molecular weight excluding hydrogens is 374 g/mol. The van der Waals surface area contributed by atoms with E-state index in [1.54, 1.807) is 18.3 Å². The number of carbonyl (C=O) groups is 1. The zero-order valence-electron chi connectivity index (χ0n) is 15.8. The fourth-order valence-corrected chi connectivity index (χ4v) is 2.78. The molecule has 6 heteroatoms. The number of rotatable bonds is 6. The minimum absolute atomic E-state index is 0.112. The summed E-state index contributed by atoms with van der Waals surface area (Å²) >= 11 is 0. The van der Waals surface area contributed by atoms with E-state index >= 15 is 0 Å². The second-order valence-corrected chi connectivity index (χ2v) is 6.49. The van der Waals surface area contributed by atoms with Crippen molar-refractivity contribution < 1.29 is 18.3 Å². The molecule has 3 rings (SSSR count). The SMILES string of the molecule is CCCCc1ccc(-c2ccc(C(=O)Oc3ccc(C#N)c(F)c3)c(F)c2)nc1. The number of ether oxygens (including phenoxy) is 1. The lowest BCUT2D eigenvalue weighted by atomic mass is 10.1. The predicted molar refractivity (Wildman–Crippen MR) is 104 cm³/mol. The molecule has 0 atom stereocenters. The van der Waals surface area contributed by atoms with Gasteiger partial charge in [0.05, 0.1) is 16.8 Å². The number of pyridine rings is 1. The standard InChI is InChI=1S/C23H18F2N2O2/c1-2-3-4-15-5-10-22(27-14-15)16-7-9-19(21(25)11-16)23(28)29-18-8-6-17(13-26)20(24)12-18/h5-12,14H,2-4H2,1H3. The van der Waals surface area contributed by atoms with Gasteiger partial charge in [0.1, 0.15) is 23.5 Å². The summed E-state index contributed by atoms with van der Waals surface area (Å²) in [6.45, 7) is 2.12. The zero-order valence-corrected chi connectivity index (χ0v) is 15.8. The van der Waals surface area contributed by atoms with Crippen molar-refractivity contribution in [2.24, 2.45) is 0 Å². The molecule has 0 unspecified atom stereocenters. The summed E-state index contributed by atoms with van der Waals surface area (Å²) in [4.78, 5) is 16.6. The second-order valence-electron chi connectivity index (χ2n) is 6.49. The Balaban J connectivity index is 1.76. The van der Waals surface area contributed by atoms with E-state index in [-0.39, 0.29) is 16.9 Å². The molecule has 1 heterocycles. The van der Waals surface area contributed by atoms with Crippen LogP contribution in [-0.4, -0.2) is 11.0 Å². The van der Waals surface area contributed by atoms with Gasteiger partial charge in [-0.1, -0.05) is 25.5 Å². The monoisotopic (exact) mass is 392 g/mol. The van der Waals surface area contributed by atoms with E-state index in [2.05, 4.69) is 11.9 Å². The summed E-state index contributed by atoms with van der Waals surface area (Å²) in [5.41, 5.74) is 1.79. The lowest BCUT2D eigenvalue weighted by Gasteiger charge is -2.08. The topological polar surface area (TPSA) is 63.0 Å². The summed E-state index contributed by atoms with van der Waals surface area (Å²) in [6.07, 6.45) is 4.89. The summed E-state index contributed by atoms with van der Waals surface area (Å²) in [7, 11) is 0. The van der Waals surface area contributed by atoms with Crippen molar-refractivity contribution in [3.63, 3.8) is 0 Å². The molecule has 0 N–H and O–H groups in total. The van der Waals surface area contributed by atoms with Crippen LogP contribution >= 0.6 is 0 Å². The molecule has 0 aliphatic carbocycles. The van der Waals surface area contributed by atoms with Gasteiger partial charge >= 0.3 is 5.97 Å². The molecule has 4 nitrogen and oxygen atoms in total. The number of unbranched alkanes of at least 4 members (excludes halogenated alkanes) is 1. The molecule has 0 bridgehead atoms. The van der Waals surface area contributed by atoms with Gasteiger partial charge in [-0.25, -0.2) is 13.6 Å². The lowest BCUT2D eigenvalue weighted by Crippen LogP contribution is -2.11. The minimum Gasteiger partial charge on any atom is -0.423 e. The Morgan fingerprint density at radius 3 is 2.55 bits per heavy atom. The Labute approximate surface area is 167 Å². The van der Waals surface area contributed by atoms with Gasteiger partial charge in [0, 0.05) is 17.8 Å². The van der Waals surface area contributed by atoms with Gasteiger partial charge in [-0.05, 0) is 48.7 Å². The molecule has 2 aromatic carbocycles. The highest BCUT2D eigenvalue weighted by Gasteiger charge is 2.16. The number of benzene rings is 2. The molecule has 0 fully saturated rings. The first-order valence-corrected chi connectivity index (χ1v) is 9.18. The van der Waals surface area contributed by atoms with Gasteiger partial charge in [0.15, 0.2) is 0 Å². The number of aryl methyl sites for hydroxylation is 1. The summed E-state index contributed by atoms with van der Waals surface area (Å²) in [5.74, 6) is -2.65. The molecule has 146 valence electrons. The van der Waals surface area contributed by atoms with Gasteiger partial charge < -0.3 is 4.74 Å². The third kappa shape index (κ3) is 4.82. The molecule has 1 aromatic heterocycles. The van der Waals surface area contributed by atoms with Crippen molar-refractivity contribution >= 4 is 5.97 Å². The van der Waals surface area contributed by atoms with Crippen molar-refractivity contribution in [2.45, 2.75) is 26.2 Å². The number of hydrogen-bond acceptors (Lipinski definition) is 4. The Morgan fingerprint density at radius 2 is 1.93 bits per heavy atom. The smallest absolute Gasteiger partial charge is 0.346 e. The van der Waals surface area contributed by atoms with E-state index in [0.717, 1.165) is 30.9 Å². The molecule has 0 spiro atoms. The number of aromatic nitrogens is 1. The van der Waals surface area contributed by atoms with Crippen LogP contribution in [0.2, 0.25) is 0 Å². The second kappa shape index (κ2) is 9.07. The summed E-state index contributed by atoms with van der Waals surface area (Å²) in [5, 5.41) is 8.73. The van der Waals surface area contributed by atoms with Crippen LogP contribution in [0.5, 0.6) is 5.75 Å². The molecule has 0 radical (unpaired) electrons. The van der Waals surface area contributed by atoms with Gasteiger partial charge in [0.2, 0.25) is 0 Å². The fourth-order valence-electron chi connectivity index (χ4n) is 2.78. The zero-order chi connectivity index (χ0) is 20.8. The van der Waals surface area contributed by atoms with Crippen LogP contribution < -0.4 is 4.74 Å². The van der Waals surface area contributed by atoms with Crippen LogP contribution in [0.1, 0.15) is 41.3 Å². The average Bonchev–Trinajstić information content (AvgIpc) is 2.72. The third-order valence-corrected chi connectivity index (χ3v) is 4.40. The van der Waals surface area contributed by atoms with E-state index in [4.69, 9.17) is 10.00 Å². The maximum Gasteiger partial charge on any atom is 0.346 e. The van der Waals surface area contributed by atoms with Crippen LogP contribution in [0.4, 0.5) is 8.78 Å². The first-order chi connectivity index (χ1) is 14.0. The molecule has 0 aliphatic rings. The van der Waals surface area contributed by atoms with Crippen LogP contribution in [-0.2, 0) is 6.42 Å². The molecule has 3 aromatic rings. The van der Waals surface area contributed by atoms with Crippen LogP contribution in [0.15, 0.2) is 54.7 Å². The van der Waals surface area contributed by atoms with Gasteiger partial charge in [0.25, 0.3) is 0 Å². The summed E-state index contributed by atoms with van der Waals surface area (Å²) in [6, 6.07) is 12.9. The number of esters is 1. The molecule has 0 amide bonds. The number of nitrogens with zero attached hydrogens (tertiary/aromatic N) is 2. The number of hydrogen-bond donors (Lipinski definition) is 0. The minimum atomic E-state index is -0.957. The molecule has 0 saturated heterocycles. The van der Waals surface area contributed by atoms with Crippen molar-refractivity contribution in [3.8, 4) is 23.1 Å². The van der Waals surface area contributed by atoms with Gasteiger partial charge in [-0.15, -0.1) is 0 Å². The van der Waals surface area contributed by atoms with Gasteiger partial charge in [-0.2, -0.15) is 5.26 Å². The predicted octanol–water partition coefficient (Wildman–Crippen LogP) is 5.46. The van der Waals surface area contributed by atoms with Crippen molar-refractivity contribution in [3.05, 3.63) is 83.1 Å². The molecule has 0 saturated carbocycles. The largest absolute Gasteiger partial charge is 0.423 e. The van der Waals surface area contributed by atoms with Crippen molar-refractivity contribution in [1.29, 1.82) is 5.26 Å². The van der Waals surface area contributed by atoms with E-state index in [0.29, 0.717) is 11.3 Å². The Kier molecular flexibility index (Phi) is 6.30. The van der Waals surface area contributed by atoms with Crippen LogP contribution in [0, 0.1) is 23.0 Å². The summed E-state index contributed by atoms with van der Waals surface area (Å²) < 4.78 is 33.1. The number of carbonyl (C=O) groups excluding carboxylic acids is 1. The number of nitriles is 1. The normalized spacial score (nSPS) is 10.4. The highest BCUT2D eigenvalue weighted by molar-refractivity contribution is 5.92. The van der Waals surface area contributed by atoms with Gasteiger partial charge in [-0.3, -0.25) is 4.98 Å². The molecule has 0 aliphatic heterocycles. The van der Waals surface area contributed by atoms with Crippen molar-refractivity contribution in [1.82, 2.24) is 4.98 Å². The highest BCUT2D eigenvalue weighted by atomic mass is 19.1. The molecule has 29 heavy (non-hydrogen) atoms. The number of halogens is 2. The maximum absolute atomic E-state index is 14.5.